The molecule has 0 spiro atoms. The maximum atomic E-state index is 10.8. The van der Waals surface area contributed by atoms with E-state index in [1.54, 1.807) is 0 Å². The average Bonchev–Trinajstić information content (AvgIpc) is 2.29. The molecular weight excluding hydrogens is 230 g/mol. The lowest BCUT2D eigenvalue weighted by atomic mass is 10.2. The number of carbonyl (C=O) groups excluding carboxylic acids is 1. The van der Waals surface area contributed by atoms with Crippen molar-refractivity contribution >= 4 is 18.4 Å². The van der Waals surface area contributed by atoms with Crippen molar-refractivity contribution in [1.29, 1.82) is 0 Å². The van der Waals surface area contributed by atoms with Crippen LogP contribution in [0.5, 0.6) is 5.75 Å². The molecule has 4 nitrogen and oxygen atoms in total. The molecule has 0 saturated heterocycles. The monoisotopic (exact) mass is 245 g/mol. The lowest BCUT2D eigenvalue weighted by molar-refractivity contribution is -0.141. The molecule has 0 aromatic heterocycles. The van der Waals surface area contributed by atoms with Gasteiger partial charge in [-0.05, 0) is 6.07 Å². The third-order valence-corrected chi connectivity index (χ3v) is 1.98. The second kappa shape index (κ2) is 7.96. The number of ether oxygens (including phenoxy) is 2. The summed E-state index contributed by atoms with van der Waals surface area (Å²) < 4.78 is 9.92. The van der Waals surface area contributed by atoms with E-state index in [-0.39, 0.29) is 24.8 Å². The predicted molar refractivity (Wildman–Crippen MR) is 63.7 cm³/mol. The topological polar surface area (TPSA) is 61.5 Å². The van der Waals surface area contributed by atoms with Crippen molar-refractivity contribution in [3.63, 3.8) is 0 Å². The first-order valence-electron chi connectivity index (χ1n) is 4.75. The quantitative estimate of drug-likeness (QED) is 0.799. The molecule has 90 valence electrons. The van der Waals surface area contributed by atoms with E-state index in [2.05, 4.69) is 4.74 Å². The molecule has 0 aliphatic rings. The normalized spacial score (nSPS) is 9.12. The van der Waals surface area contributed by atoms with Gasteiger partial charge in [0.15, 0.2) is 0 Å². The standard InChI is InChI=1S/C11H15NO3.ClH/c1-14-11(13)6-7-15-10-5-3-2-4-9(10)8-12;/h2-5H,6-8,12H2,1H3;1H. The van der Waals surface area contributed by atoms with Gasteiger partial charge in [-0.2, -0.15) is 0 Å². The fourth-order valence-corrected chi connectivity index (χ4v) is 1.16. The van der Waals surface area contributed by atoms with Crippen LogP contribution in [0.1, 0.15) is 12.0 Å². The highest BCUT2D eigenvalue weighted by Gasteiger charge is 2.03. The SMILES string of the molecule is COC(=O)CCOc1ccccc1CN.Cl. The predicted octanol–water partition coefficient (Wildman–Crippen LogP) is 1.51. The minimum Gasteiger partial charge on any atom is -0.493 e. The van der Waals surface area contributed by atoms with Crippen molar-refractivity contribution in [3.8, 4) is 5.75 Å². The number of methoxy groups -OCH3 is 1. The van der Waals surface area contributed by atoms with E-state index < -0.39 is 0 Å². The van der Waals surface area contributed by atoms with E-state index in [4.69, 9.17) is 10.5 Å². The third-order valence-electron chi connectivity index (χ3n) is 1.98. The lowest BCUT2D eigenvalue weighted by Crippen LogP contribution is -2.09. The van der Waals surface area contributed by atoms with Gasteiger partial charge in [0, 0.05) is 12.1 Å². The average molecular weight is 246 g/mol. The number of para-hydroxylation sites is 1. The Hall–Kier alpha value is -1.26. The van der Waals surface area contributed by atoms with Crippen LogP contribution in [0.4, 0.5) is 0 Å². The van der Waals surface area contributed by atoms with Gasteiger partial charge in [-0.3, -0.25) is 4.79 Å². The Kier molecular flexibility index (Phi) is 7.33. The van der Waals surface area contributed by atoms with Gasteiger partial charge in [0.05, 0.1) is 20.1 Å². The third kappa shape index (κ3) is 4.51. The Morgan fingerprint density at radius 2 is 2.06 bits per heavy atom. The maximum absolute atomic E-state index is 10.8. The molecule has 0 aliphatic heterocycles. The highest BCUT2D eigenvalue weighted by Crippen LogP contribution is 2.17. The molecule has 0 amide bonds. The van der Waals surface area contributed by atoms with Crippen molar-refractivity contribution in [2.24, 2.45) is 5.73 Å². The summed E-state index contributed by atoms with van der Waals surface area (Å²) in [7, 11) is 1.36. The maximum Gasteiger partial charge on any atom is 0.308 e. The van der Waals surface area contributed by atoms with Gasteiger partial charge >= 0.3 is 5.97 Å². The van der Waals surface area contributed by atoms with Crippen molar-refractivity contribution < 1.29 is 14.3 Å². The highest BCUT2D eigenvalue weighted by molar-refractivity contribution is 5.85. The van der Waals surface area contributed by atoms with E-state index >= 15 is 0 Å². The minimum atomic E-state index is -0.278. The van der Waals surface area contributed by atoms with E-state index in [1.807, 2.05) is 24.3 Å². The van der Waals surface area contributed by atoms with Crippen molar-refractivity contribution in [1.82, 2.24) is 0 Å². The number of nitrogens with two attached hydrogens (primary N) is 1. The molecule has 0 bridgehead atoms. The first-order chi connectivity index (χ1) is 7.27. The molecule has 0 unspecified atom stereocenters. The van der Waals surface area contributed by atoms with Gasteiger partial charge in [0.1, 0.15) is 5.75 Å². The van der Waals surface area contributed by atoms with Crippen molar-refractivity contribution in [3.05, 3.63) is 29.8 Å². The molecular formula is C11H16ClNO3. The van der Waals surface area contributed by atoms with Crippen LogP contribution in [0.25, 0.3) is 0 Å². The smallest absolute Gasteiger partial charge is 0.308 e. The van der Waals surface area contributed by atoms with E-state index in [0.717, 1.165) is 11.3 Å². The van der Waals surface area contributed by atoms with Gasteiger partial charge in [0.2, 0.25) is 0 Å². The Balaban J connectivity index is 0.00000225. The van der Waals surface area contributed by atoms with Crippen LogP contribution in [-0.4, -0.2) is 19.7 Å². The minimum absolute atomic E-state index is 0. The number of halogens is 1. The zero-order valence-corrected chi connectivity index (χ0v) is 9.96. The van der Waals surface area contributed by atoms with Crippen LogP contribution < -0.4 is 10.5 Å². The first-order valence-corrected chi connectivity index (χ1v) is 4.75. The zero-order valence-electron chi connectivity index (χ0n) is 9.14. The molecule has 2 N–H and O–H groups in total. The van der Waals surface area contributed by atoms with Gasteiger partial charge < -0.3 is 15.2 Å². The second-order valence-electron chi connectivity index (χ2n) is 2.99. The summed E-state index contributed by atoms with van der Waals surface area (Å²) >= 11 is 0. The molecule has 0 atom stereocenters. The molecule has 5 heteroatoms. The Morgan fingerprint density at radius 1 is 1.38 bits per heavy atom. The van der Waals surface area contributed by atoms with Crippen LogP contribution in [0.2, 0.25) is 0 Å². The number of carbonyl (C=O) groups is 1. The first kappa shape index (κ1) is 14.7. The largest absolute Gasteiger partial charge is 0.493 e. The summed E-state index contributed by atoms with van der Waals surface area (Å²) in [5.74, 6) is 0.448. The molecule has 0 heterocycles. The van der Waals surface area contributed by atoms with E-state index in [0.29, 0.717) is 13.2 Å². The van der Waals surface area contributed by atoms with Crippen LogP contribution in [-0.2, 0) is 16.1 Å². The fraction of sp³-hybridized carbons (Fsp3) is 0.364. The van der Waals surface area contributed by atoms with Crippen LogP contribution in [0.15, 0.2) is 24.3 Å². The fourth-order valence-electron chi connectivity index (χ4n) is 1.16. The second-order valence-corrected chi connectivity index (χ2v) is 2.99. The summed E-state index contributed by atoms with van der Waals surface area (Å²) in [6, 6.07) is 7.49. The summed E-state index contributed by atoms with van der Waals surface area (Å²) in [6.45, 7) is 0.734. The number of hydrogen-bond acceptors (Lipinski definition) is 4. The van der Waals surface area contributed by atoms with Crippen molar-refractivity contribution in [2.45, 2.75) is 13.0 Å². The molecule has 1 aromatic carbocycles. The van der Waals surface area contributed by atoms with Crippen molar-refractivity contribution in [2.75, 3.05) is 13.7 Å². The number of esters is 1. The van der Waals surface area contributed by atoms with Gasteiger partial charge in [-0.25, -0.2) is 0 Å². The molecule has 0 fully saturated rings. The molecule has 1 aromatic rings. The molecule has 0 saturated carbocycles. The van der Waals surface area contributed by atoms with Crippen LogP contribution in [0, 0.1) is 0 Å². The highest BCUT2D eigenvalue weighted by atomic mass is 35.5. The van der Waals surface area contributed by atoms with Gasteiger partial charge in [-0.1, -0.05) is 18.2 Å². The number of benzene rings is 1. The zero-order chi connectivity index (χ0) is 11.1. The molecule has 1 rings (SSSR count). The van der Waals surface area contributed by atoms with Crippen LogP contribution >= 0.6 is 12.4 Å². The number of hydrogen-bond donors (Lipinski definition) is 1. The Bertz CT molecular complexity index is 331. The molecule has 0 aliphatic carbocycles. The summed E-state index contributed by atoms with van der Waals surface area (Å²) in [6.07, 6.45) is 0.245. The number of rotatable bonds is 5. The Morgan fingerprint density at radius 3 is 2.69 bits per heavy atom. The van der Waals surface area contributed by atoms with E-state index in [1.165, 1.54) is 7.11 Å². The Labute approximate surface area is 101 Å². The van der Waals surface area contributed by atoms with Gasteiger partial charge in [0.25, 0.3) is 0 Å². The summed E-state index contributed by atoms with van der Waals surface area (Å²) in [4.78, 5) is 10.8. The van der Waals surface area contributed by atoms with E-state index in [9.17, 15) is 4.79 Å². The summed E-state index contributed by atoms with van der Waals surface area (Å²) in [5.41, 5.74) is 6.47. The van der Waals surface area contributed by atoms with Crippen LogP contribution in [0.3, 0.4) is 0 Å². The van der Waals surface area contributed by atoms with Gasteiger partial charge in [-0.15, -0.1) is 12.4 Å². The summed E-state index contributed by atoms with van der Waals surface area (Å²) in [5, 5.41) is 0. The molecule has 0 radical (unpaired) electrons. The molecule has 16 heavy (non-hydrogen) atoms. The lowest BCUT2D eigenvalue weighted by Gasteiger charge is -2.09.